The summed E-state index contributed by atoms with van der Waals surface area (Å²) in [5.41, 5.74) is 0.693. The molecule has 20 heavy (non-hydrogen) atoms. The van der Waals surface area contributed by atoms with Crippen molar-refractivity contribution in [3.63, 3.8) is 0 Å². The topological polar surface area (TPSA) is 67.1 Å². The Bertz CT molecular complexity index is 585. The smallest absolute Gasteiger partial charge is 0.163 e. The molecule has 0 aliphatic heterocycles. The molecule has 2 aromatic rings. The summed E-state index contributed by atoms with van der Waals surface area (Å²) in [4.78, 5) is 10.8. The van der Waals surface area contributed by atoms with Gasteiger partial charge in [-0.3, -0.25) is 0 Å². The van der Waals surface area contributed by atoms with Gasteiger partial charge in [0.15, 0.2) is 5.65 Å². The maximum absolute atomic E-state index is 9.25. The maximum atomic E-state index is 9.25. The van der Waals surface area contributed by atoms with Crippen molar-refractivity contribution in [2.24, 2.45) is 0 Å². The molecule has 2 rings (SSSR count). The lowest BCUT2D eigenvalue weighted by atomic mass is 10.1. The zero-order chi connectivity index (χ0) is 14.9. The number of hydrogen-bond donors (Lipinski definition) is 1. The van der Waals surface area contributed by atoms with E-state index in [0.717, 1.165) is 16.9 Å². The number of anilines is 1. The first-order chi connectivity index (χ1) is 9.36. The van der Waals surface area contributed by atoms with Crippen LogP contribution >= 0.6 is 0 Å². The fraction of sp³-hybridized carbons (Fsp3) is 0.643. The van der Waals surface area contributed by atoms with E-state index in [0.29, 0.717) is 6.54 Å². The van der Waals surface area contributed by atoms with Crippen molar-refractivity contribution < 1.29 is 5.11 Å². The first-order valence-corrected chi connectivity index (χ1v) is 6.93. The van der Waals surface area contributed by atoms with Crippen molar-refractivity contribution in [2.45, 2.75) is 46.2 Å². The fourth-order valence-corrected chi connectivity index (χ4v) is 2.27. The summed E-state index contributed by atoms with van der Waals surface area (Å²) >= 11 is 0. The van der Waals surface area contributed by atoms with Crippen LogP contribution in [0.25, 0.3) is 11.0 Å². The van der Waals surface area contributed by atoms with Crippen LogP contribution in [0.2, 0.25) is 0 Å². The van der Waals surface area contributed by atoms with Gasteiger partial charge >= 0.3 is 0 Å². The predicted octanol–water partition coefficient (Wildman–Crippen LogP) is 1.79. The van der Waals surface area contributed by atoms with Crippen LogP contribution < -0.4 is 4.90 Å². The Kier molecular flexibility index (Phi) is 3.94. The van der Waals surface area contributed by atoms with E-state index in [1.165, 1.54) is 0 Å². The van der Waals surface area contributed by atoms with Crippen molar-refractivity contribution in [1.82, 2.24) is 19.7 Å². The van der Waals surface area contributed by atoms with Crippen molar-refractivity contribution >= 4 is 16.9 Å². The molecule has 6 nitrogen and oxygen atoms in total. The average molecular weight is 277 g/mol. The molecule has 1 N–H and O–H groups in total. The minimum atomic E-state index is -0.132. The molecule has 0 spiro atoms. The quantitative estimate of drug-likeness (QED) is 0.923. The third-order valence-corrected chi connectivity index (χ3v) is 3.22. The number of nitrogens with zero attached hydrogens (tertiary/aromatic N) is 5. The van der Waals surface area contributed by atoms with Gasteiger partial charge in [0, 0.05) is 12.6 Å². The van der Waals surface area contributed by atoms with Crippen molar-refractivity contribution in [3.8, 4) is 0 Å². The molecule has 0 radical (unpaired) electrons. The summed E-state index contributed by atoms with van der Waals surface area (Å²) in [5.74, 6) is 0.828. The van der Waals surface area contributed by atoms with Crippen LogP contribution in [0.3, 0.4) is 0 Å². The van der Waals surface area contributed by atoms with E-state index in [9.17, 15) is 5.11 Å². The van der Waals surface area contributed by atoms with Crippen LogP contribution in [0.5, 0.6) is 0 Å². The van der Waals surface area contributed by atoms with Crippen LogP contribution in [0.1, 0.15) is 34.6 Å². The molecular weight excluding hydrogens is 254 g/mol. The van der Waals surface area contributed by atoms with E-state index in [2.05, 4.69) is 54.6 Å². The Morgan fingerprint density at radius 3 is 2.55 bits per heavy atom. The molecule has 0 amide bonds. The molecule has 0 saturated heterocycles. The average Bonchev–Trinajstić information content (AvgIpc) is 2.79. The van der Waals surface area contributed by atoms with Gasteiger partial charge in [0.25, 0.3) is 0 Å². The zero-order valence-corrected chi connectivity index (χ0v) is 12.8. The number of aromatic nitrogens is 4. The van der Waals surface area contributed by atoms with Gasteiger partial charge < -0.3 is 10.0 Å². The van der Waals surface area contributed by atoms with E-state index >= 15 is 0 Å². The van der Waals surface area contributed by atoms with Crippen molar-refractivity contribution in [3.05, 3.63) is 12.5 Å². The molecule has 0 bridgehead atoms. The summed E-state index contributed by atoms with van der Waals surface area (Å²) in [6.07, 6.45) is 3.37. The number of fused-ring (bicyclic) bond motifs is 1. The molecule has 2 aromatic heterocycles. The Morgan fingerprint density at radius 1 is 1.30 bits per heavy atom. The second kappa shape index (κ2) is 5.36. The zero-order valence-electron chi connectivity index (χ0n) is 12.8. The van der Waals surface area contributed by atoms with E-state index in [4.69, 9.17) is 0 Å². The number of rotatable bonds is 4. The van der Waals surface area contributed by atoms with Gasteiger partial charge in [-0.15, -0.1) is 0 Å². The monoisotopic (exact) mass is 277 g/mol. The largest absolute Gasteiger partial charge is 0.395 e. The van der Waals surface area contributed by atoms with Gasteiger partial charge in [-0.1, -0.05) is 0 Å². The standard InChI is InChI=1S/C14H23N5O/c1-10(2)18(6-7-20)12-11-8-17-19(14(3,4)5)13(11)16-9-15-12/h8-10,20H,6-7H2,1-5H3. The van der Waals surface area contributed by atoms with Crippen LogP contribution in [0, 0.1) is 0 Å². The highest BCUT2D eigenvalue weighted by Gasteiger charge is 2.22. The Morgan fingerprint density at radius 2 is 2.00 bits per heavy atom. The second-order valence-electron chi connectivity index (χ2n) is 6.17. The maximum Gasteiger partial charge on any atom is 0.163 e. The minimum Gasteiger partial charge on any atom is -0.395 e. The highest BCUT2D eigenvalue weighted by atomic mass is 16.3. The minimum absolute atomic E-state index is 0.0943. The van der Waals surface area contributed by atoms with E-state index in [-0.39, 0.29) is 18.2 Å². The third-order valence-electron chi connectivity index (χ3n) is 3.22. The molecule has 0 fully saturated rings. The lowest BCUT2D eigenvalue weighted by molar-refractivity contribution is 0.298. The summed E-state index contributed by atoms with van der Waals surface area (Å²) in [7, 11) is 0. The van der Waals surface area contributed by atoms with Gasteiger partial charge in [-0.25, -0.2) is 14.6 Å². The summed E-state index contributed by atoms with van der Waals surface area (Å²) < 4.78 is 1.91. The Balaban J connectivity index is 2.58. The lowest BCUT2D eigenvalue weighted by Crippen LogP contribution is -2.34. The molecule has 0 atom stereocenters. The van der Waals surface area contributed by atoms with Crippen molar-refractivity contribution in [2.75, 3.05) is 18.1 Å². The second-order valence-corrected chi connectivity index (χ2v) is 6.17. The van der Waals surface area contributed by atoms with Crippen LogP contribution in [-0.2, 0) is 5.54 Å². The third kappa shape index (κ3) is 2.60. The number of aliphatic hydroxyl groups is 1. The first kappa shape index (κ1) is 14.7. The lowest BCUT2D eigenvalue weighted by Gasteiger charge is -2.27. The summed E-state index contributed by atoms with van der Waals surface area (Å²) in [6, 6.07) is 0.248. The highest BCUT2D eigenvalue weighted by Crippen LogP contribution is 2.27. The van der Waals surface area contributed by atoms with Crippen LogP contribution in [0.15, 0.2) is 12.5 Å². The summed E-state index contributed by atoms with van der Waals surface area (Å²) in [6.45, 7) is 11.1. The Hall–Kier alpha value is -1.69. The van der Waals surface area contributed by atoms with Gasteiger partial charge in [0.1, 0.15) is 12.1 Å². The molecule has 0 aromatic carbocycles. The molecule has 0 aliphatic carbocycles. The van der Waals surface area contributed by atoms with Gasteiger partial charge in [0.2, 0.25) is 0 Å². The normalized spacial score (nSPS) is 12.3. The molecule has 110 valence electrons. The van der Waals surface area contributed by atoms with E-state index < -0.39 is 0 Å². The van der Waals surface area contributed by atoms with E-state index in [1.54, 1.807) is 6.33 Å². The van der Waals surface area contributed by atoms with Crippen molar-refractivity contribution in [1.29, 1.82) is 0 Å². The van der Waals surface area contributed by atoms with E-state index in [1.807, 2.05) is 10.9 Å². The van der Waals surface area contributed by atoms with Gasteiger partial charge in [-0.05, 0) is 34.6 Å². The Labute approximate surface area is 119 Å². The molecule has 0 saturated carbocycles. The first-order valence-electron chi connectivity index (χ1n) is 6.93. The van der Waals surface area contributed by atoms with Crippen LogP contribution in [0.4, 0.5) is 5.82 Å². The molecule has 0 unspecified atom stereocenters. The van der Waals surface area contributed by atoms with Gasteiger partial charge in [-0.2, -0.15) is 5.10 Å². The molecule has 0 aliphatic rings. The number of aliphatic hydroxyl groups excluding tert-OH is 1. The van der Waals surface area contributed by atoms with Gasteiger partial charge in [0.05, 0.1) is 23.7 Å². The molecule has 6 heteroatoms. The number of hydrogen-bond acceptors (Lipinski definition) is 5. The fourth-order valence-electron chi connectivity index (χ4n) is 2.27. The molecule has 2 heterocycles. The summed E-state index contributed by atoms with van der Waals surface area (Å²) in [5, 5.41) is 14.6. The van der Waals surface area contributed by atoms with Crippen LogP contribution in [-0.4, -0.2) is 44.0 Å². The highest BCUT2D eigenvalue weighted by molar-refractivity contribution is 5.87. The SMILES string of the molecule is CC(C)N(CCO)c1ncnc2c1cnn2C(C)(C)C. The molecular formula is C14H23N5O. The predicted molar refractivity (Wildman–Crippen MR) is 79.9 cm³/mol.